The number of nitrogens with zero attached hydrogens (tertiary/aromatic N) is 4. The number of halogens is 1. The van der Waals surface area contributed by atoms with Crippen molar-refractivity contribution in [3.05, 3.63) is 35.8 Å². The molecule has 0 spiro atoms. The predicted octanol–water partition coefficient (Wildman–Crippen LogP) is 3.04. The third kappa shape index (κ3) is 2.32. The average Bonchev–Trinajstić information content (AvgIpc) is 3.13. The predicted molar refractivity (Wildman–Crippen MR) is 77.2 cm³/mol. The molecule has 0 amide bonds. The molecule has 1 aliphatic rings. The van der Waals surface area contributed by atoms with Crippen molar-refractivity contribution in [3.8, 4) is 0 Å². The Labute approximate surface area is 125 Å². The number of anilines is 1. The molecule has 0 radical (unpaired) electrons. The van der Waals surface area contributed by atoms with Crippen LogP contribution in [0.1, 0.15) is 30.5 Å². The van der Waals surface area contributed by atoms with Gasteiger partial charge in [0.1, 0.15) is 11.3 Å². The minimum atomic E-state index is -0.326. The maximum absolute atomic E-state index is 13.2. The maximum atomic E-state index is 13.2. The molecule has 1 unspecified atom stereocenters. The lowest BCUT2D eigenvalue weighted by Crippen LogP contribution is -2.34. The highest BCUT2D eigenvalue weighted by atomic mass is 19.1. The maximum Gasteiger partial charge on any atom is 0.298 e. The molecule has 2 aromatic heterocycles. The van der Waals surface area contributed by atoms with Crippen LogP contribution in [0.5, 0.6) is 0 Å². The number of aryl methyl sites for hydroxylation is 1. The largest absolute Gasteiger partial charge is 0.425 e. The topological polar surface area (TPSA) is 68.2 Å². The normalized spacial score (nSPS) is 19.0. The van der Waals surface area contributed by atoms with Gasteiger partial charge in [0.05, 0.1) is 5.92 Å². The summed E-state index contributed by atoms with van der Waals surface area (Å²) in [7, 11) is 0. The van der Waals surface area contributed by atoms with Crippen molar-refractivity contribution in [1.82, 2.24) is 15.2 Å². The Hall–Kier alpha value is -2.44. The first-order valence-corrected chi connectivity index (χ1v) is 7.30. The van der Waals surface area contributed by atoms with Crippen molar-refractivity contribution in [2.24, 2.45) is 0 Å². The molecule has 7 heteroatoms. The van der Waals surface area contributed by atoms with E-state index in [-0.39, 0.29) is 11.7 Å². The third-order valence-corrected chi connectivity index (χ3v) is 3.92. The standard InChI is InChI=1S/C15H15FN4O2/c1-9-18-19-14(21-9)10-3-2-6-20(8-10)15-17-12-5-4-11(16)7-13(12)22-15/h4-5,7,10H,2-3,6,8H2,1H3. The molecule has 6 nitrogen and oxygen atoms in total. The first-order chi connectivity index (χ1) is 10.7. The van der Waals surface area contributed by atoms with Crippen LogP contribution < -0.4 is 4.90 Å². The quantitative estimate of drug-likeness (QED) is 0.724. The number of benzene rings is 1. The summed E-state index contributed by atoms with van der Waals surface area (Å²) in [5, 5.41) is 8.00. The minimum Gasteiger partial charge on any atom is -0.425 e. The van der Waals surface area contributed by atoms with Gasteiger partial charge in [0, 0.05) is 26.1 Å². The van der Waals surface area contributed by atoms with Crippen molar-refractivity contribution in [2.45, 2.75) is 25.7 Å². The molecule has 0 N–H and O–H groups in total. The Morgan fingerprint density at radius 3 is 3.00 bits per heavy atom. The van der Waals surface area contributed by atoms with Gasteiger partial charge in [-0.25, -0.2) is 4.39 Å². The summed E-state index contributed by atoms with van der Waals surface area (Å²) < 4.78 is 24.5. The summed E-state index contributed by atoms with van der Waals surface area (Å²) >= 11 is 0. The zero-order chi connectivity index (χ0) is 15.1. The summed E-state index contributed by atoms with van der Waals surface area (Å²) in [4.78, 5) is 6.48. The van der Waals surface area contributed by atoms with Crippen LogP contribution in [0.4, 0.5) is 10.4 Å². The van der Waals surface area contributed by atoms with E-state index in [0.717, 1.165) is 19.4 Å². The molecule has 22 heavy (non-hydrogen) atoms. The minimum absolute atomic E-state index is 0.168. The lowest BCUT2D eigenvalue weighted by atomic mass is 9.98. The molecule has 1 aromatic carbocycles. The van der Waals surface area contributed by atoms with Crippen LogP contribution in [0.25, 0.3) is 11.1 Å². The number of aromatic nitrogens is 3. The number of hydrogen-bond acceptors (Lipinski definition) is 6. The van der Waals surface area contributed by atoms with Gasteiger partial charge in [0.2, 0.25) is 11.8 Å². The molecule has 114 valence electrons. The van der Waals surface area contributed by atoms with E-state index in [4.69, 9.17) is 8.83 Å². The summed E-state index contributed by atoms with van der Waals surface area (Å²) in [6.45, 7) is 3.34. The Balaban J connectivity index is 1.60. The molecule has 0 bridgehead atoms. The zero-order valence-corrected chi connectivity index (χ0v) is 12.1. The van der Waals surface area contributed by atoms with Crippen LogP contribution in [-0.2, 0) is 0 Å². The summed E-state index contributed by atoms with van der Waals surface area (Å²) in [5.74, 6) is 1.07. The Morgan fingerprint density at radius 2 is 2.18 bits per heavy atom. The van der Waals surface area contributed by atoms with E-state index in [0.29, 0.717) is 35.4 Å². The van der Waals surface area contributed by atoms with Gasteiger partial charge in [-0.15, -0.1) is 10.2 Å². The lowest BCUT2D eigenvalue weighted by Gasteiger charge is -2.29. The average molecular weight is 302 g/mol. The van der Waals surface area contributed by atoms with E-state index in [1.165, 1.54) is 12.1 Å². The molecular formula is C15H15FN4O2. The van der Waals surface area contributed by atoms with Crippen LogP contribution in [0, 0.1) is 12.7 Å². The van der Waals surface area contributed by atoms with Crippen molar-refractivity contribution in [3.63, 3.8) is 0 Å². The monoisotopic (exact) mass is 302 g/mol. The third-order valence-electron chi connectivity index (χ3n) is 3.92. The van der Waals surface area contributed by atoms with Crippen LogP contribution in [0.2, 0.25) is 0 Å². The summed E-state index contributed by atoms with van der Waals surface area (Å²) in [5.41, 5.74) is 1.12. The highest BCUT2D eigenvalue weighted by Gasteiger charge is 2.28. The van der Waals surface area contributed by atoms with E-state index < -0.39 is 0 Å². The fourth-order valence-corrected chi connectivity index (χ4v) is 2.85. The van der Waals surface area contributed by atoms with Gasteiger partial charge in [-0.2, -0.15) is 4.98 Å². The molecule has 3 heterocycles. The first kappa shape index (κ1) is 13.2. The molecular weight excluding hydrogens is 287 g/mol. The molecule has 1 aliphatic heterocycles. The van der Waals surface area contributed by atoms with E-state index in [9.17, 15) is 4.39 Å². The van der Waals surface area contributed by atoms with E-state index >= 15 is 0 Å². The van der Waals surface area contributed by atoms with Crippen LogP contribution in [0.3, 0.4) is 0 Å². The Morgan fingerprint density at radius 1 is 1.27 bits per heavy atom. The molecule has 1 atom stereocenters. The summed E-state index contributed by atoms with van der Waals surface area (Å²) in [6.07, 6.45) is 1.98. The number of oxazole rings is 1. The van der Waals surface area contributed by atoms with E-state index in [1.807, 2.05) is 4.90 Å². The van der Waals surface area contributed by atoms with E-state index in [2.05, 4.69) is 15.2 Å². The van der Waals surface area contributed by atoms with Gasteiger partial charge in [0.25, 0.3) is 6.01 Å². The van der Waals surface area contributed by atoms with Crippen LogP contribution >= 0.6 is 0 Å². The number of hydrogen-bond donors (Lipinski definition) is 0. The Kier molecular flexibility index (Phi) is 3.06. The molecule has 3 aromatic rings. The van der Waals surface area contributed by atoms with Crippen LogP contribution in [-0.4, -0.2) is 28.3 Å². The van der Waals surface area contributed by atoms with Crippen molar-refractivity contribution < 1.29 is 13.2 Å². The number of rotatable bonds is 2. The summed E-state index contributed by atoms with van der Waals surface area (Å²) in [6, 6.07) is 4.88. The fourth-order valence-electron chi connectivity index (χ4n) is 2.85. The molecule has 0 saturated carbocycles. The second-order valence-corrected chi connectivity index (χ2v) is 5.55. The zero-order valence-electron chi connectivity index (χ0n) is 12.1. The van der Waals surface area contributed by atoms with Gasteiger partial charge in [-0.3, -0.25) is 0 Å². The van der Waals surface area contributed by atoms with Gasteiger partial charge < -0.3 is 13.7 Å². The van der Waals surface area contributed by atoms with Crippen molar-refractivity contribution >= 4 is 17.1 Å². The van der Waals surface area contributed by atoms with Gasteiger partial charge >= 0.3 is 0 Å². The van der Waals surface area contributed by atoms with Gasteiger partial charge in [-0.1, -0.05) is 0 Å². The molecule has 4 rings (SSSR count). The first-order valence-electron chi connectivity index (χ1n) is 7.30. The fraction of sp³-hybridized carbons (Fsp3) is 0.400. The Bertz CT molecular complexity index is 813. The van der Waals surface area contributed by atoms with Gasteiger partial charge in [-0.05, 0) is 25.0 Å². The van der Waals surface area contributed by atoms with Gasteiger partial charge in [0.15, 0.2) is 5.58 Å². The molecule has 1 fully saturated rings. The highest BCUT2D eigenvalue weighted by molar-refractivity contribution is 5.74. The lowest BCUT2D eigenvalue weighted by molar-refractivity contribution is 0.379. The second-order valence-electron chi connectivity index (χ2n) is 5.55. The number of piperidine rings is 1. The SMILES string of the molecule is Cc1nnc(C2CCCN(c3nc4ccc(F)cc4o3)C2)o1. The van der Waals surface area contributed by atoms with E-state index in [1.54, 1.807) is 13.0 Å². The van der Waals surface area contributed by atoms with Crippen molar-refractivity contribution in [1.29, 1.82) is 0 Å². The van der Waals surface area contributed by atoms with Crippen LogP contribution in [0.15, 0.2) is 27.0 Å². The highest BCUT2D eigenvalue weighted by Crippen LogP contribution is 2.30. The second kappa shape index (κ2) is 5.08. The smallest absolute Gasteiger partial charge is 0.298 e. The number of fused-ring (bicyclic) bond motifs is 1. The molecule has 0 aliphatic carbocycles. The molecule has 1 saturated heterocycles. The van der Waals surface area contributed by atoms with Crippen molar-refractivity contribution in [2.75, 3.05) is 18.0 Å².